The minimum absolute atomic E-state index is 0. The van der Waals surface area contributed by atoms with E-state index in [9.17, 15) is 8.42 Å². The third kappa shape index (κ3) is 9.82. The average Bonchev–Trinajstić information content (AvgIpc) is 2.59. The molecule has 0 aliphatic carbocycles. The minimum Gasteiger partial charge on any atom is -0.357 e. The van der Waals surface area contributed by atoms with E-state index in [2.05, 4.69) is 37.0 Å². The van der Waals surface area contributed by atoms with Gasteiger partial charge >= 0.3 is 0 Å². The molecule has 0 unspecified atom stereocenters. The number of hydrogen-bond donors (Lipinski definition) is 2. The van der Waals surface area contributed by atoms with Crippen molar-refractivity contribution in [3.8, 4) is 0 Å². The summed E-state index contributed by atoms with van der Waals surface area (Å²) in [6, 6.07) is 7.99. The van der Waals surface area contributed by atoms with Crippen LogP contribution in [0.15, 0.2) is 29.3 Å². The number of nitrogens with one attached hydrogen (secondary N) is 2. The molecule has 2 N–H and O–H groups in total. The fourth-order valence-corrected chi connectivity index (χ4v) is 4.39. The molecule has 1 heterocycles. The lowest BCUT2D eigenvalue weighted by molar-refractivity contribution is 0.172. The fourth-order valence-electron chi connectivity index (χ4n) is 3.20. The van der Waals surface area contributed by atoms with Crippen LogP contribution in [0.5, 0.6) is 0 Å². The van der Waals surface area contributed by atoms with E-state index in [1.54, 1.807) is 0 Å². The first-order valence-corrected chi connectivity index (χ1v) is 11.8. The summed E-state index contributed by atoms with van der Waals surface area (Å²) in [6.07, 6.45) is 1.17. The van der Waals surface area contributed by atoms with Crippen molar-refractivity contribution >= 4 is 51.6 Å². The highest BCUT2D eigenvalue weighted by Crippen LogP contribution is 2.13. The number of sulfonamides is 1. The Balaban J connectivity index is 0.00000420. The maximum Gasteiger partial charge on any atom is 0.209 e. The largest absolute Gasteiger partial charge is 0.357 e. The highest BCUT2D eigenvalue weighted by Gasteiger charge is 2.24. The third-order valence-electron chi connectivity index (χ3n) is 4.41. The van der Waals surface area contributed by atoms with Gasteiger partial charge in [-0.05, 0) is 38.5 Å². The first kappa shape index (κ1) is 26.4. The molecular weight excluding hydrogens is 525 g/mol. The first-order valence-electron chi connectivity index (χ1n) is 9.57. The molecule has 166 valence electrons. The zero-order valence-electron chi connectivity index (χ0n) is 17.6. The van der Waals surface area contributed by atoms with Crippen LogP contribution in [-0.2, 0) is 16.6 Å². The number of hydrogen-bond acceptors (Lipinski definition) is 4. The molecule has 0 spiro atoms. The summed E-state index contributed by atoms with van der Waals surface area (Å²) in [5.41, 5.74) is 0.622. The maximum absolute atomic E-state index is 11.5. The molecule has 0 aromatic heterocycles. The highest BCUT2D eigenvalue weighted by molar-refractivity contribution is 14.0. The lowest BCUT2D eigenvalue weighted by atomic mass is 10.1. The van der Waals surface area contributed by atoms with Crippen molar-refractivity contribution in [3.63, 3.8) is 0 Å². The normalized spacial score (nSPS) is 16.4. The van der Waals surface area contributed by atoms with Crippen molar-refractivity contribution in [2.75, 3.05) is 45.5 Å². The van der Waals surface area contributed by atoms with Crippen molar-refractivity contribution in [3.05, 3.63) is 34.9 Å². The van der Waals surface area contributed by atoms with Gasteiger partial charge in [0.15, 0.2) is 5.96 Å². The van der Waals surface area contributed by atoms with E-state index in [1.807, 2.05) is 32.9 Å². The Kier molecular flexibility index (Phi) is 10.6. The second-order valence-corrected chi connectivity index (χ2v) is 10.0. The first-order chi connectivity index (χ1) is 13.1. The van der Waals surface area contributed by atoms with Gasteiger partial charge in [0.25, 0.3) is 0 Å². The monoisotopic (exact) mass is 557 g/mol. The summed E-state index contributed by atoms with van der Waals surface area (Å²) in [4.78, 5) is 9.33. The molecule has 1 aliphatic heterocycles. The second kappa shape index (κ2) is 11.7. The Morgan fingerprint density at radius 1 is 1.17 bits per heavy atom. The van der Waals surface area contributed by atoms with Gasteiger partial charge in [-0.1, -0.05) is 23.7 Å². The maximum atomic E-state index is 11.5. The van der Waals surface area contributed by atoms with Gasteiger partial charge in [-0.2, -0.15) is 0 Å². The Hall–Kier alpha value is -0.620. The Morgan fingerprint density at radius 3 is 2.28 bits per heavy atom. The zero-order chi connectivity index (χ0) is 20.8. The number of nitrogens with zero attached hydrogens (tertiary/aromatic N) is 3. The van der Waals surface area contributed by atoms with Crippen molar-refractivity contribution in [2.24, 2.45) is 4.99 Å². The van der Waals surface area contributed by atoms with Crippen LogP contribution in [0.25, 0.3) is 0 Å². The van der Waals surface area contributed by atoms with Crippen LogP contribution in [-0.4, -0.2) is 75.2 Å². The van der Waals surface area contributed by atoms with Gasteiger partial charge in [-0.15, -0.1) is 24.0 Å². The van der Waals surface area contributed by atoms with Crippen LogP contribution in [0.1, 0.15) is 26.3 Å². The number of halogens is 2. The van der Waals surface area contributed by atoms with Crippen LogP contribution in [0, 0.1) is 0 Å². The quantitative estimate of drug-likeness (QED) is 0.306. The van der Waals surface area contributed by atoms with Crippen LogP contribution in [0.2, 0.25) is 5.02 Å². The molecule has 0 radical (unpaired) electrons. The molecule has 0 bridgehead atoms. The smallest absolute Gasteiger partial charge is 0.209 e. The average molecular weight is 558 g/mol. The molecule has 7 nitrogen and oxygen atoms in total. The Bertz CT molecular complexity index is 763. The molecular formula is C19H33ClIN5O2S. The predicted molar refractivity (Wildman–Crippen MR) is 132 cm³/mol. The van der Waals surface area contributed by atoms with Gasteiger partial charge in [0.2, 0.25) is 10.0 Å². The number of piperazine rings is 1. The Morgan fingerprint density at radius 2 is 1.76 bits per heavy atom. The van der Waals surface area contributed by atoms with Crippen molar-refractivity contribution in [1.82, 2.24) is 19.8 Å². The lowest BCUT2D eigenvalue weighted by Gasteiger charge is -2.37. The molecule has 0 amide bonds. The van der Waals surface area contributed by atoms with E-state index < -0.39 is 15.6 Å². The van der Waals surface area contributed by atoms with Crippen molar-refractivity contribution < 1.29 is 8.42 Å². The molecule has 0 saturated carbocycles. The van der Waals surface area contributed by atoms with E-state index in [0.29, 0.717) is 6.54 Å². The van der Waals surface area contributed by atoms with Crippen molar-refractivity contribution in [1.29, 1.82) is 0 Å². The van der Waals surface area contributed by atoms with E-state index in [-0.39, 0.29) is 24.0 Å². The third-order valence-corrected chi connectivity index (χ3v) is 5.59. The van der Waals surface area contributed by atoms with Gasteiger partial charge in [-0.3, -0.25) is 9.89 Å². The number of aliphatic imine (C=N–C) groups is 1. The number of guanidine groups is 1. The summed E-state index contributed by atoms with van der Waals surface area (Å²) in [5.74, 6) is 0.831. The van der Waals surface area contributed by atoms with Crippen molar-refractivity contribution in [2.45, 2.75) is 32.9 Å². The molecule has 1 saturated heterocycles. The molecule has 10 heteroatoms. The summed E-state index contributed by atoms with van der Waals surface area (Å²) >= 11 is 5.96. The van der Waals surface area contributed by atoms with E-state index in [1.165, 1.54) is 11.8 Å². The van der Waals surface area contributed by atoms with E-state index >= 15 is 0 Å². The molecule has 1 fully saturated rings. The van der Waals surface area contributed by atoms with Crippen LogP contribution in [0.4, 0.5) is 0 Å². The van der Waals surface area contributed by atoms with Crippen LogP contribution < -0.4 is 10.0 Å². The zero-order valence-corrected chi connectivity index (χ0v) is 21.5. The minimum atomic E-state index is -3.27. The van der Waals surface area contributed by atoms with E-state index in [4.69, 9.17) is 11.6 Å². The Labute approximate surface area is 197 Å². The molecule has 2 rings (SSSR count). The molecule has 1 aromatic carbocycles. The fraction of sp³-hybridized carbons (Fsp3) is 0.632. The van der Waals surface area contributed by atoms with Gasteiger partial charge in [-0.25, -0.2) is 13.1 Å². The second-order valence-electron chi connectivity index (χ2n) is 7.82. The SMILES string of the molecule is CCNC(=NCC(C)(C)NS(C)(=O)=O)N1CCN(Cc2ccc(Cl)cc2)CC1.I. The molecule has 29 heavy (non-hydrogen) atoms. The van der Waals surface area contributed by atoms with Gasteiger partial charge in [0.05, 0.1) is 12.8 Å². The van der Waals surface area contributed by atoms with Crippen LogP contribution in [0.3, 0.4) is 0 Å². The predicted octanol–water partition coefficient (Wildman–Crippen LogP) is 2.37. The highest BCUT2D eigenvalue weighted by atomic mass is 127. The van der Waals surface area contributed by atoms with Gasteiger partial charge < -0.3 is 10.2 Å². The van der Waals surface area contributed by atoms with E-state index in [0.717, 1.165) is 50.3 Å². The molecule has 0 atom stereocenters. The number of benzene rings is 1. The summed E-state index contributed by atoms with van der Waals surface area (Å²) in [7, 11) is -3.27. The topological polar surface area (TPSA) is 77.0 Å². The molecule has 1 aromatic rings. The lowest BCUT2D eigenvalue weighted by Crippen LogP contribution is -2.53. The standard InChI is InChI=1S/C19H32ClN5O2S.HI/c1-5-21-18(22-15-19(2,3)23-28(4,26)27)25-12-10-24(11-13-25)14-16-6-8-17(20)9-7-16;/h6-9,23H,5,10-15H2,1-4H3,(H,21,22);1H. The molecule has 1 aliphatic rings. The number of rotatable bonds is 7. The summed E-state index contributed by atoms with van der Waals surface area (Å²) < 4.78 is 25.7. The van der Waals surface area contributed by atoms with Gasteiger partial charge in [0, 0.05) is 49.8 Å². The summed E-state index contributed by atoms with van der Waals surface area (Å²) in [5, 5.41) is 4.08. The van der Waals surface area contributed by atoms with Gasteiger partial charge in [0.1, 0.15) is 0 Å². The van der Waals surface area contributed by atoms with Crippen LogP contribution >= 0.6 is 35.6 Å². The summed E-state index contributed by atoms with van der Waals surface area (Å²) in [6.45, 7) is 11.4.